The minimum absolute atomic E-state index is 0.0472. The van der Waals surface area contributed by atoms with Crippen LogP contribution in [0.15, 0.2) is 36.7 Å². The highest BCUT2D eigenvalue weighted by Gasteiger charge is 2.34. The molecule has 0 fully saturated rings. The van der Waals surface area contributed by atoms with Crippen LogP contribution in [0, 0.1) is 5.95 Å². The highest BCUT2D eigenvalue weighted by atomic mass is 35.5. The van der Waals surface area contributed by atoms with E-state index in [9.17, 15) is 17.6 Å². The molecule has 154 valence electrons. The van der Waals surface area contributed by atoms with Gasteiger partial charge in [-0.05, 0) is 35.9 Å². The van der Waals surface area contributed by atoms with Crippen molar-refractivity contribution in [3.63, 3.8) is 0 Å². The first-order valence-corrected chi connectivity index (χ1v) is 8.77. The monoisotopic (exact) mass is 438 g/mol. The molecule has 0 radical (unpaired) electrons. The van der Waals surface area contributed by atoms with Crippen LogP contribution in [0.25, 0.3) is 22.6 Å². The van der Waals surface area contributed by atoms with Crippen molar-refractivity contribution >= 4 is 22.6 Å². The second-order valence-corrected chi connectivity index (χ2v) is 6.50. The van der Waals surface area contributed by atoms with Gasteiger partial charge in [0.2, 0.25) is 17.1 Å². The first-order valence-electron chi connectivity index (χ1n) is 8.40. The van der Waals surface area contributed by atoms with Gasteiger partial charge in [0.25, 0.3) is 0 Å². The quantitative estimate of drug-likeness (QED) is 0.270. The van der Waals surface area contributed by atoms with Gasteiger partial charge in [-0.15, -0.1) is 0 Å². The summed E-state index contributed by atoms with van der Waals surface area (Å²) in [5, 5.41) is 0.403. The van der Waals surface area contributed by atoms with Crippen LogP contribution in [-0.4, -0.2) is 29.5 Å². The number of alkyl halides is 3. The van der Waals surface area contributed by atoms with Crippen LogP contribution >= 0.6 is 11.6 Å². The Morgan fingerprint density at radius 3 is 2.60 bits per heavy atom. The maximum atomic E-state index is 14.5. The van der Waals surface area contributed by atoms with Gasteiger partial charge in [-0.1, -0.05) is 0 Å². The predicted molar refractivity (Wildman–Crippen MR) is 98.1 cm³/mol. The number of pyridine rings is 2. The average Bonchev–Trinajstić information content (AvgIpc) is 3.09. The number of aryl methyl sites for hydroxylation is 1. The molecule has 4 aromatic heterocycles. The smallest absolute Gasteiger partial charge is 0.434 e. The third kappa shape index (κ3) is 3.88. The molecule has 4 aromatic rings. The van der Waals surface area contributed by atoms with E-state index in [-0.39, 0.29) is 34.9 Å². The Morgan fingerprint density at radius 2 is 1.90 bits per heavy atom. The van der Waals surface area contributed by atoms with Gasteiger partial charge < -0.3 is 9.30 Å². The summed E-state index contributed by atoms with van der Waals surface area (Å²) in [6, 6.07) is 6.04. The number of hydrogen-bond acceptors (Lipinski definition) is 6. The van der Waals surface area contributed by atoms with Crippen LogP contribution in [0.5, 0.6) is 5.88 Å². The third-order valence-electron chi connectivity index (χ3n) is 4.10. The molecule has 0 amide bonds. The summed E-state index contributed by atoms with van der Waals surface area (Å²) in [6.07, 6.45) is -2.28. The molecule has 4 rings (SSSR count). The van der Waals surface area contributed by atoms with Crippen LogP contribution in [0.4, 0.5) is 17.6 Å². The molecule has 0 aromatic carbocycles. The van der Waals surface area contributed by atoms with Crippen LogP contribution in [0.3, 0.4) is 0 Å². The van der Waals surface area contributed by atoms with Crippen LogP contribution in [0.2, 0.25) is 5.28 Å². The fourth-order valence-corrected chi connectivity index (χ4v) is 2.86. The molecule has 4 heterocycles. The van der Waals surface area contributed by atoms with Gasteiger partial charge in [0.15, 0.2) is 17.2 Å². The molecular formula is C18H11ClF4N6O. The largest absolute Gasteiger partial charge is 0.472 e. The fourth-order valence-electron chi connectivity index (χ4n) is 2.70. The highest BCUT2D eigenvalue weighted by Crippen LogP contribution is 2.30. The second kappa shape index (κ2) is 7.48. The molecule has 0 aliphatic heterocycles. The molecule has 0 bridgehead atoms. The molecule has 0 spiro atoms. The number of hydrogen-bond donors (Lipinski definition) is 0. The zero-order valence-electron chi connectivity index (χ0n) is 15.2. The van der Waals surface area contributed by atoms with Gasteiger partial charge in [-0.3, -0.25) is 0 Å². The molecular weight excluding hydrogens is 428 g/mol. The van der Waals surface area contributed by atoms with Crippen LogP contribution in [-0.2, 0) is 19.8 Å². The minimum Gasteiger partial charge on any atom is -0.472 e. The van der Waals surface area contributed by atoms with Gasteiger partial charge in [-0.2, -0.15) is 27.5 Å². The molecule has 0 saturated carbocycles. The Bertz CT molecular complexity index is 1240. The van der Waals surface area contributed by atoms with Crippen molar-refractivity contribution in [2.24, 2.45) is 7.05 Å². The van der Waals surface area contributed by atoms with Crippen molar-refractivity contribution in [1.82, 2.24) is 29.5 Å². The van der Waals surface area contributed by atoms with E-state index >= 15 is 0 Å². The SMILES string of the molecule is Cn1cc(C(F)(F)F)nc1-c1ccc(COc2nc(Cl)nc3ncccc23)c(F)n1. The number of fused-ring (bicyclic) bond motifs is 1. The summed E-state index contributed by atoms with van der Waals surface area (Å²) in [5.74, 6) is -0.916. The van der Waals surface area contributed by atoms with Gasteiger partial charge in [0, 0.05) is 25.0 Å². The van der Waals surface area contributed by atoms with Crippen molar-refractivity contribution in [2.75, 3.05) is 0 Å². The van der Waals surface area contributed by atoms with Crippen molar-refractivity contribution in [3.05, 3.63) is 59.1 Å². The second-order valence-electron chi connectivity index (χ2n) is 6.17. The number of rotatable bonds is 4. The van der Waals surface area contributed by atoms with Gasteiger partial charge in [0.05, 0.1) is 5.39 Å². The van der Waals surface area contributed by atoms with E-state index in [4.69, 9.17) is 16.3 Å². The standard InChI is InChI=1S/C18H11ClF4N6O/c1-29-7-12(18(21,22)23)26-15(29)11-5-4-9(13(20)25-11)8-30-16-10-3-2-6-24-14(10)27-17(19)28-16/h2-7H,8H2,1H3. The van der Waals surface area contributed by atoms with Crippen molar-refractivity contribution < 1.29 is 22.3 Å². The van der Waals surface area contributed by atoms with E-state index in [1.165, 1.54) is 25.4 Å². The lowest BCUT2D eigenvalue weighted by molar-refractivity contribution is -0.140. The van der Waals surface area contributed by atoms with E-state index in [2.05, 4.69) is 24.9 Å². The first kappa shape index (κ1) is 20.0. The van der Waals surface area contributed by atoms with Gasteiger partial charge >= 0.3 is 6.18 Å². The lowest BCUT2D eigenvalue weighted by Gasteiger charge is -2.09. The molecule has 0 aliphatic rings. The molecule has 12 heteroatoms. The van der Waals surface area contributed by atoms with E-state index in [0.29, 0.717) is 11.0 Å². The van der Waals surface area contributed by atoms with Gasteiger partial charge in [-0.25, -0.2) is 15.0 Å². The Hall–Kier alpha value is -3.34. The van der Waals surface area contributed by atoms with E-state index < -0.39 is 17.8 Å². The maximum Gasteiger partial charge on any atom is 0.434 e. The number of nitrogens with zero attached hydrogens (tertiary/aromatic N) is 6. The average molecular weight is 439 g/mol. The molecule has 7 nitrogen and oxygen atoms in total. The van der Waals surface area contributed by atoms with E-state index in [1.54, 1.807) is 12.1 Å². The number of imidazole rings is 1. The molecule has 0 saturated heterocycles. The Morgan fingerprint density at radius 1 is 1.10 bits per heavy atom. The number of aromatic nitrogens is 6. The summed E-state index contributed by atoms with van der Waals surface area (Å²) in [5.41, 5.74) is -0.753. The molecule has 0 unspecified atom stereocenters. The van der Waals surface area contributed by atoms with E-state index in [1.807, 2.05) is 0 Å². The number of halogens is 5. The molecule has 0 N–H and O–H groups in total. The van der Waals surface area contributed by atoms with E-state index in [0.717, 1.165) is 10.8 Å². The summed E-state index contributed by atoms with van der Waals surface area (Å²) in [7, 11) is 1.37. The van der Waals surface area contributed by atoms with Gasteiger partial charge in [0.1, 0.15) is 12.3 Å². The lowest BCUT2D eigenvalue weighted by Crippen LogP contribution is -2.05. The third-order valence-corrected chi connectivity index (χ3v) is 4.26. The van der Waals surface area contributed by atoms with Crippen molar-refractivity contribution in [3.8, 4) is 17.4 Å². The molecule has 0 aliphatic carbocycles. The lowest BCUT2D eigenvalue weighted by atomic mass is 10.2. The normalized spacial score (nSPS) is 11.8. The summed E-state index contributed by atoms with van der Waals surface area (Å²) in [6.45, 7) is -0.245. The highest BCUT2D eigenvalue weighted by molar-refractivity contribution is 6.28. The summed E-state index contributed by atoms with van der Waals surface area (Å²) >= 11 is 5.86. The first-order chi connectivity index (χ1) is 14.2. The summed E-state index contributed by atoms with van der Waals surface area (Å²) in [4.78, 5) is 19.2. The minimum atomic E-state index is -4.61. The van der Waals surface area contributed by atoms with Crippen LogP contribution in [0.1, 0.15) is 11.3 Å². The summed E-state index contributed by atoms with van der Waals surface area (Å²) < 4.78 is 59.7. The topological polar surface area (TPSA) is 78.6 Å². The zero-order valence-corrected chi connectivity index (χ0v) is 15.9. The van der Waals surface area contributed by atoms with Crippen molar-refractivity contribution in [1.29, 1.82) is 0 Å². The zero-order chi connectivity index (χ0) is 21.5. The Balaban J connectivity index is 1.59. The van der Waals surface area contributed by atoms with Crippen molar-refractivity contribution in [2.45, 2.75) is 12.8 Å². The Labute approximate surface area is 171 Å². The predicted octanol–water partition coefficient (Wildman–Crippen LogP) is 4.21. The van der Waals surface area contributed by atoms with Crippen LogP contribution < -0.4 is 4.74 Å². The molecule has 30 heavy (non-hydrogen) atoms. The maximum absolute atomic E-state index is 14.5. The molecule has 0 atom stereocenters. The fraction of sp³-hybridized carbons (Fsp3) is 0.167. The number of ether oxygens (including phenoxy) is 1. The Kier molecular flexibility index (Phi) is 4.98.